The Morgan fingerprint density at radius 1 is 1.28 bits per heavy atom. The number of nitrogens with zero attached hydrogens (tertiary/aromatic N) is 1. The number of hydrogen-bond acceptors (Lipinski definition) is 3. The number of aliphatic hydroxyl groups excluding tert-OH is 1. The van der Waals surface area contributed by atoms with Crippen LogP contribution in [0.3, 0.4) is 0 Å². The van der Waals surface area contributed by atoms with Gasteiger partial charge in [-0.05, 0) is 61.2 Å². The Bertz CT molecular complexity index is 733. The molecule has 0 bridgehead atoms. The SMILES string of the molecule is NC(=O)c1cccc(CN2CCC[C@H]2C[C@H](O)c2ccc(F)cc2)c1. The van der Waals surface area contributed by atoms with E-state index in [0.29, 0.717) is 12.0 Å². The molecule has 0 saturated carbocycles. The Hall–Kier alpha value is -2.24. The standard InChI is InChI=1S/C20H23FN2O2/c21-17-8-6-15(7-9-17)19(24)12-18-5-2-10-23(18)13-14-3-1-4-16(11-14)20(22)25/h1,3-4,6-9,11,18-19,24H,2,5,10,12-13H2,(H2,22,25)/t18-,19-/m0/s1. The fraction of sp³-hybridized carbons (Fsp3) is 0.350. The van der Waals surface area contributed by atoms with Crippen molar-refractivity contribution in [2.45, 2.75) is 38.0 Å². The minimum atomic E-state index is -0.608. The van der Waals surface area contributed by atoms with E-state index in [2.05, 4.69) is 4.90 Å². The minimum Gasteiger partial charge on any atom is -0.388 e. The van der Waals surface area contributed by atoms with Crippen LogP contribution in [0, 0.1) is 5.82 Å². The van der Waals surface area contributed by atoms with Crippen molar-refractivity contribution in [3.05, 3.63) is 71.0 Å². The second-order valence-electron chi connectivity index (χ2n) is 6.63. The quantitative estimate of drug-likeness (QED) is 0.848. The van der Waals surface area contributed by atoms with Crippen molar-refractivity contribution in [1.29, 1.82) is 0 Å². The fourth-order valence-corrected chi connectivity index (χ4v) is 3.51. The van der Waals surface area contributed by atoms with Crippen LogP contribution in [0.5, 0.6) is 0 Å². The van der Waals surface area contributed by atoms with Crippen LogP contribution >= 0.6 is 0 Å². The summed E-state index contributed by atoms with van der Waals surface area (Å²) in [4.78, 5) is 13.7. The highest BCUT2D eigenvalue weighted by Crippen LogP contribution is 2.28. The number of rotatable bonds is 6. The van der Waals surface area contributed by atoms with E-state index in [0.717, 1.165) is 37.1 Å². The monoisotopic (exact) mass is 342 g/mol. The normalized spacial score (nSPS) is 19.0. The van der Waals surface area contributed by atoms with Crippen LogP contribution in [0.25, 0.3) is 0 Å². The van der Waals surface area contributed by atoms with Crippen molar-refractivity contribution in [2.24, 2.45) is 5.73 Å². The van der Waals surface area contributed by atoms with Crippen LogP contribution in [-0.4, -0.2) is 28.5 Å². The van der Waals surface area contributed by atoms with Gasteiger partial charge in [0, 0.05) is 18.2 Å². The Balaban J connectivity index is 1.65. The van der Waals surface area contributed by atoms with Crippen LogP contribution in [0.4, 0.5) is 4.39 Å². The van der Waals surface area contributed by atoms with Gasteiger partial charge in [0.05, 0.1) is 6.10 Å². The highest BCUT2D eigenvalue weighted by atomic mass is 19.1. The third-order valence-corrected chi connectivity index (χ3v) is 4.85. The van der Waals surface area contributed by atoms with Crippen LogP contribution in [-0.2, 0) is 6.54 Å². The van der Waals surface area contributed by atoms with Crippen LogP contribution in [0.1, 0.15) is 46.9 Å². The Labute approximate surface area is 147 Å². The molecule has 0 aromatic heterocycles. The number of carbonyl (C=O) groups is 1. The summed E-state index contributed by atoms with van der Waals surface area (Å²) in [5, 5.41) is 10.5. The topological polar surface area (TPSA) is 66.6 Å². The molecular weight excluding hydrogens is 319 g/mol. The van der Waals surface area contributed by atoms with Crippen molar-refractivity contribution in [3.63, 3.8) is 0 Å². The molecule has 1 heterocycles. The third kappa shape index (κ3) is 4.44. The molecule has 1 amide bonds. The molecule has 0 unspecified atom stereocenters. The highest BCUT2D eigenvalue weighted by molar-refractivity contribution is 5.92. The molecule has 1 aliphatic heterocycles. The molecule has 4 nitrogen and oxygen atoms in total. The highest BCUT2D eigenvalue weighted by Gasteiger charge is 2.27. The fourth-order valence-electron chi connectivity index (χ4n) is 3.51. The van der Waals surface area contributed by atoms with Gasteiger partial charge >= 0.3 is 0 Å². The van der Waals surface area contributed by atoms with Gasteiger partial charge in [0.2, 0.25) is 5.91 Å². The molecule has 25 heavy (non-hydrogen) atoms. The largest absolute Gasteiger partial charge is 0.388 e. The van der Waals surface area contributed by atoms with Crippen molar-refractivity contribution in [2.75, 3.05) is 6.54 Å². The number of aliphatic hydroxyl groups is 1. The summed E-state index contributed by atoms with van der Waals surface area (Å²) in [5.41, 5.74) is 7.64. The summed E-state index contributed by atoms with van der Waals surface area (Å²) in [5.74, 6) is -0.723. The zero-order valence-corrected chi connectivity index (χ0v) is 14.1. The summed E-state index contributed by atoms with van der Waals surface area (Å²) in [6, 6.07) is 13.6. The molecule has 0 radical (unpaired) electrons. The lowest BCUT2D eigenvalue weighted by Crippen LogP contribution is -2.30. The Morgan fingerprint density at radius 3 is 2.76 bits per heavy atom. The van der Waals surface area contributed by atoms with Crippen molar-refractivity contribution < 1.29 is 14.3 Å². The smallest absolute Gasteiger partial charge is 0.248 e. The van der Waals surface area contributed by atoms with E-state index in [1.165, 1.54) is 12.1 Å². The zero-order chi connectivity index (χ0) is 17.8. The van der Waals surface area contributed by atoms with E-state index < -0.39 is 12.0 Å². The van der Waals surface area contributed by atoms with E-state index in [4.69, 9.17) is 5.73 Å². The number of carbonyl (C=O) groups excluding carboxylic acids is 1. The average Bonchev–Trinajstić information content (AvgIpc) is 3.02. The van der Waals surface area contributed by atoms with E-state index in [1.807, 2.05) is 18.2 Å². The van der Waals surface area contributed by atoms with Gasteiger partial charge in [-0.25, -0.2) is 4.39 Å². The second-order valence-corrected chi connectivity index (χ2v) is 6.63. The van der Waals surface area contributed by atoms with Crippen molar-refractivity contribution in [3.8, 4) is 0 Å². The number of likely N-dealkylation sites (tertiary alicyclic amines) is 1. The van der Waals surface area contributed by atoms with E-state index in [9.17, 15) is 14.3 Å². The lowest BCUT2D eigenvalue weighted by molar-refractivity contribution is 0.1000. The average molecular weight is 342 g/mol. The molecule has 0 spiro atoms. The van der Waals surface area contributed by atoms with Gasteiger partial charge < -0.3 is 10.8 Å². The first-order valence-electron chi connectivity index (χ1n) is 8.59. The first kappa shape index (κ1) is 17.6. The summed E-state index contributed by atoms with van der Waals surface area (Å²) < 4.78 is 13.0. The van der Waals surface area contributed by atoms with Gasteiger partial charge in [-0.1, -0.05) is 24.3 Å². The van der Waals surface area contributed by atoms with Crippen LogP contribution < -0.4 is 5.73 Å². The third-order valence-electron chi connectivity index (χ3n) is 4.85. The lowest BCUT2D eigenvalue weighted by atomic mass is 10.00. The number of halogens is 1. The Morgan fingerprint density at radius 2 is 2.04 bits per heavy atom. The number of nitrogens with two attached hydrogens (primary N) is 1. The summed E-state index contributed by atoms with van der Waals surface area (Å²) in [6.45, 7) is 1.68. The molecule has 3 rings (SSSR count). The van der Waals surface area contributed by atoms with E-state index >= 15 is 0 Å². The number of primary amides is 1. The number of hydrogen-bond donors (Lipinski definition) is 2. The van der Waals surface area contributed by atoms with Gasteiger partial charge in [0.25, 0.3) is 0 Å². The maximum absolute atomic E-state index is 13.0. The van der Waals surface area contributed by atoms with Gasteiger partial charge in [-0.2, -0.15) is 0 Å². The molecule has 1 aliphatic rings. The molecule has 1 saturated heterocycles. The van der Waals surface area contributed by atoms with Gasteiger partial charge in [0.1, 0.15) is 5.82 Å². The molecule has 1 fully saturated rings. The second kappa shape index (κ2) is 7.76. The molecule has 5 heteroatoms. The van der Waals surface area contributed by atoms with Crippen LogP contribution in [0.2, 0.25) is 0 Å². The first-order chi connectivity index (χ1) is 12.0. The predicted octanol–water partition coefficient (Wildman–Crippen LogP) is 3.01. The van der Waals surface area contributed by atoms with E-state index in [1.54, 1.807) is 18.2 Å². The summed E-state index contributed by atoms with van der Waals surface area (Å²) in [6.07, 6.45) is 2.11. The lowest BCUT2D eigenvalue weighted by Gasteiger charge is -2.26. The summed E-state index contributed by atoms with van der Waals surface area (Å²) >= 11 is 0. The zero-order valence-electron chi connectivity index (χ0n) is 14.1. The van der Waals surface area contributed by atoms with Crippen LogP contribution in [0.15, 0.2) is 48.5 Å². The van der Waals surface area contributed by atoms with Gasteiger partial charge in [-0.3, -0.25) is 9.69 Å². The molecule has 2 aromatic rings. The Kier molecular flexibility index (Phi) is 5.46. The van der Waals surface area contributed by atoms with Gasteiger partial charge in [0.15, 0.2) is 0 Å². The molecule has 2 atom stereocenters. The van der Waals surface area contributed by atoms with Crippen molar-refractivity contribution >= 4 is 5.91 Å². The molecule has 132 valence electrons. The van der Waals surface area contributed by atoms with E-state index in [-0.39, 0.29) is 11.9 Å². The summed E-state index contributed by atoms with van der Waals surface area (Å²) in [7, 11) is 0. The predicted molar refractivity (Wildman–Crippen MR) is 94.4 cm³/mol. The molecular formula is C20H23FN2O2. The molecule has 0 aliphatic carbocycles. The van der Waals surface area contributed by atoms with Gasteiger partial charge in [-0.15, -0.1) is 0 Å². The first-order valence-corrected chi connectivity index (χ1v) is 8.59. The van der Waals surface area contributed by atoms with Crippen molar-refractivity contribution in [1.82, 2.24) is 4.90 Å². The minimum absolute atomic E-state index is 0.261. The molecule has 2 aromatic carbocycles. The maximum Gasteiger partial charge on any atom is 0.248 e. The number of benzene rings is 2. The molecule has 3 N–H and O–H groups in total. The number of amides is 1. The maximum atomic E-state index is 13.0.